The molecule has 21 heavy (non-hydrogen) atoms. The van der Waals surface area contributed by atoms with Crippen LogP contribution in [0.25, 0.3) is 0 Å². The van der Waals surface area contributed by atoms with Crippen molar-refractivity contribution in [1.82, 2.24) is 15.5 Å². The van der Waals surface area contributed by atoms with E-state index in [4.69, 9.17) is 0 Å². The molecule has 0 bridgehead atoms. The molecule has 0 radical (unpaired) electrons. The van der Waals surface area contributed by atoms with Crippen molar-refractivity contribution in [3.05, 3.63) is 0 Å². The number of nitrogens with one attached hydrogen (secondary N) is 2. The number of carboxylic acid groups (broad SMARTS) is 1. The minimum absolute atomic E-state index is 0.362. The highest BCUT2D eigenvalue weighted by molar-refractivity contribution is 5.86. The number of likely N-dealkylation sites (N-methyl/N-ethyl adjacent to an activating group) is 1. The van der Waals surface area contributed by atoms with Gasteiger partial charge in [-0.25, -0.2) is 9.59 Å². The monoisotopic (exact) mass is 297 g/mol. The minimum Gasteiger partial charge on any atom is -0.480 e. The number of nitrogens with zero attached hydrogens (tertiary/aromatic N) is 1. The fourth-order valence-corrected chi connectivity index (χ4v) is 3.51. The molecule has 0 heterocycles. The first kappa shape index (κ1) is 16.1. The van der Waals surface area contributed by atoms with Crippen LogP contribution in [-0.4, -0.2) is 53.7 Å². The zero-order chi connectivity index (χ0) is 15.3. The molecule has 0 saturated heterocycles. The summed E-state index contributed by atoms with van der Waals surface area (Å²) in [7, 11) is 2.09. The van der Waals surface area contributed by atoms with E-state index in [1.165, 1.54) is 25.7 Å². The molecule has 2 aliphatic carbocycles. The Morgan fingerprint density at radius 2 is 1.81 bits per heavy atom. The van der Waals surface area contributed by atoms with Crippen LogP contribution in [0.3, 0.4) is 0 Å². The Hall–Kier alpha value is -1.30. The predicted molar refractivity (Wildman–Crippen MR) is 80.3 cm³/mol. The third-order valence-electron chi connectivity index (χ3n) is 4.92. The van der Waals surface area contributed by atoms with Gasteiger partial charge in [0.1, 0.15) is 5.54 Å². The lowest BCUT2D eigenvalue weighted by Crippen LogP contribution is -2.56. The van der Waals surface area contributed by atoms with Crippen LogP contribution in [-0.2, 0) is 4.79 Å². The molecule has 6 nitrogen and oxygen atoms in total. The first-order chi connectivity index (χ1) is 10.0. The average molecular weight is 297 g/mol. The van der Waals surface area contributed by atoms with Gasteiger partial charge in [-0.1, -0.05) is 25.7 Å². The number of carbonyl (C=O) groups is 2. The molecule has 0 spiro atoms. The number of aliphatic carboxylic acids is 1. The van der Waals surface area contributed by atoms with Crippen LogP contribution < -0.4 is 10.6 Å². The lowest BCUT2D eigenvalue weighted by molar-refractivity contribution is -0.144. The largest absolute Gasteiger partial charge is 0.480 e. The fraction of sp³-hybridized carbons (Fsp3) is 0.867. The van der Waals surface area contributed by atoms with Gasteiger partial charge < -0.3 is 20.6 Å². The molecule has 2 rings (SSSR count). The van der Waals surface area contributed by atoms with Crippen molar-refractivity contribution in [2.75, 3.05) is 20.1 Å². The van der Waals surface area contributed by atoms with Gasteiger partial charge in [-0.15, -0.1) is 0 Å². The Kier molecular flexibility index (Phi) is 5.45. The van der Waals surface area contributed by atoms with Crippen molar-refractivity contribution in [2.24, 2.45) is 0 Å². The van der Waals surface area contributed by atoms with Crippen LogP contribution >= 0.6 is 0 Å². The van der Waals surface area contributed by atoms with Crippen molar-refractivity contribution in [3.8, 4) is 0 Å². The summed E-state index contributed by atoms with van der Waals surface area (Å²) in [6.45, 7) is 1.35. The standard InChI is InChI=1S/C15H27N3O3/c1-18(12-6-2-3-7-12)11-10-16-14(21)17-15(13(19)20)8-4-5-9-15/h12H,2-11H2,1H3,(H,19,20)(H2,16,17,21). The Labute approximate surface area is 126 Å². The second kappa shape index (κ2) is 7.11. The highest BCUT2D eigenvalue weighted by Crippen LogP contribution is 2.29. The third-order valence-corrected chi connectivity index (χ3v) is 4.92. The zero-order valence-electron chi connectivity index (χ0n) is 12.9. The van der Waals surface area contributed by atoms with E-state index in [0.29, 0.717) is 25.4 Å². The maximum Gasteiger partial charge on any atom is 0.329 e. The first-order valence-electron chi connectivity index (χ1n) is 8.03. The first-order valence-corrected chi connectivity index (χ1v) is 8.03. The molecule has 0 aromatic carbocycles. The SMILES string of the molecule is CN(CCNC(=O)NC1(C(=O)O)CCCC1)C1CCCC1. The van der Waals surface area contributed by atoms with E-state index in [-0.39, 0.29) is 6.03 Å². The summed E-state index contributed by atoms with van der Waals surface area (Å²) < 4.78 is 0. The molecule has 0 aliphatic heterocycles. The fourth-order valence-electron chi connectivity index (χ4n) is 3.51. The van der Waals surface area contributed by atoms with Crippen molar-refractivity contribution in [1.29, 1.82) is 0 Å². The molecule has 0 atom stereocenters. The number of hydrogen-bond donors (Lipinski definition) is 3. The van der Waals surface area contributed by atoms with Gasteiger partial charge in [-0.05, 0) is 32.7 Å². The number of hydrogen-bond acceptors (Lipinski definition) is 3. The van der Waals surface area contributed by atoms with Gasteiger partial charge >= 0.3 is 12.0 Å². The number of amides is 2. The minimum atomic E-state index is -1.05. The third kappa shape index (κ3) is 4.09. The van der Waals surface area contributed by atoms with E-state index in [9.17, 15) is 14.7 Å². The number of carboxylic acids is 1. The Morgan fingerprint density at radius 3 is 2.38 bits per heavy atom. The van der Waals surface area contributed by atoms with Crippen molar-refractivity contribution >= 4 is 12.0 Å². The van der Waals surface area contributed by atoms with E-state index in [1.54, 1.807) is 0 Å². The summed E-state index contributed by atoms with van der Waals surface area (Å²) in [5.41, 5.74) is -1.05. The summed E-state index contributed by atoms with van der Waals surface area (Å²) in [5.74, 6) is -0.918. The molecular weight excluding hydrogens is 270 g/mol. The second-order valence-corrected chi connectivity index (χ2v) is 6.39. The Balaban J connectivity index is 1.70. The van der Waals surface area contributed by atoms with Gasteiger partial charge in [0.15, 0.2) is 0 Å². The Bertz CT molecular complexity index is 374. The normalized spacial score (nSPS) is 21.6. The van der Waals surface area contributed by atoms with Crippen LogP contribution in [0, 0.1) is 0 Å². The molecule has 2 saturated carbocycles. The Morgan fingerprint density at radius 1 is 1.19 bits per heavy atom. The molecule has 0 unspecified atom stereocenters. The van der Waals surface area contributed by atoms with Crippen LogP contribution in [0.5, 0.6) is 0 Å². The molecular formula is C15H27N3O3. The molecule has 2 fully saturated rings. The smallest absolute Gasteiger partial charge is 0.329 e. The van der Waals surface area contributed by atoms with Crippen LogP contribution in [0.15, 0.2) is 0 Å². The van der Waals surface area contributed by atoms with Gasteiger partial charge in [-0.3, -0.25) is 0 Å². The summed E-state index contributed by atoms with van der Waals surface area (Å²) in [5, 5.41) is 14.8. The van der Waals surface area contributed by atoms with Crippen molar-refractivity contribution in [2.45, 2.75) is 62.9 Å². The number of carbonyl (C=O) groups excluding carboxylic acids is 1. The van der Waals surface area contributed by atoms with Crippen LogP contribution in [0.4, 0.5) is 4.79 Å². The second-order valence-electron chi connectivity index (χ2n) is 6.39. The molecule has 2 amide bonds. The lowest BCUT2D eigenvalue weighted by atomic mass is 9.98. The quantitative estimate of drug-likeness (QED) is 0.695. The van der Waals surface area contributed by atoms with E-state index >= 15 is 0 Å². The molecule has 6 heteroatoms. The number of rotatable bonds is 6. The topological polar surface area (TPSA) is 81.7 Å². The van der Waals surface area contributed by atoms with Crippen molar-refractivity contribution < 1.29 is 14.7 Å². The number of urea groups is 1. The maximum atomic E-state index is 11.9. The van der Waals surface area contributed by atoms with Gasteiger partial charge in [0.25, 0.3) is 0 Å². The molecule has 120 valence electrons. The zero-order valence-corrected chi connectivity index (χ0v) is 12.9. The molecule has 0 aromatic rings. The van der Waals surface area contributed by atoms with E-state index in [2.05, 4.69) is 22.6 Å². The van der Waals surface area contributed by atoms with Crippen LogP contribution in [0.1, 0.15) is 51.4 Å². The summed E-state index contributed by atoms with van der Waals surface area (Å²) in [6, 6.07) is 0.272. The van der Waals surface area contributed by atoms with E-state index in [1.807, 2.05) is 0 Å². The summed E-state index contributed by atoms with van der Waals surface area (Å²) in [6.07, 6.45) is 7.84. The van der Waals surface area contributed by atoms with Gasteiger partial charge in [0.2, 0.25) is 0 Å². The van der Waals surface area contributed by atoms with Crippen LogP contribution in [0.2, 0.25) is 0 Å². The van der Waals surface area contributed by atoms with Gasteiger partial charge in [0, 0.05) is 19.1 Å². The molecule has 0 aromatic heterocycles. The van der Waals surface area contributed by atoms with E-state index in [0.717, 1.165) is 19.4 Å². The summed E-state index contributed by atoms with van der Waals surface area (Å²) in [4.78, 5) is 25.6. The van der Waals surface area contributed by atoms with Gasteiger partial charge in [0.05, 0.1) is 0 Å². The van der Waals surface area contributed by atoms with Crippen molar-refractivity contribution in [3.63, 3.8) is 0 Å². The molecule has 2 aliphatic rings. The maximum absolute atomic E-state index is 11.9. The van der Waals surface area contributed by atoms with E-state index < -0.39 is 11.5 Å². The molecule has 3 N–H and O–H groups in total. The highest BCUT2D eigenvalue weighted by atomic mass is 16.4. The lowest BCUT2D eigenvalue weighted by Gasteiger charge is -2.27. The van der Waals surface area contributed by atoms with Gasteiger partial charge in [-0.2, -0.15) is 0 Å². The predicted octanol–water partition coefficient (Wildman–Crippen LogP) is 1.56. The average Bonchev–Trinajstić information content (AvgIpc) is 3.10. The highest BCUT2D eigenvalue weighted by Gasteiger charge is 2.42. The summed E-state index contributed by atoms with van der Waals surface area (Å²) >= 11 is 0.